The Morgan fingerprint density at radius 1 is 1.09 bits per heavy atom. The molecule has 22 heavy (non-hydrogen) atoms. The Bertz CT molecular complexity index is 842. The van der Waals surface area contributed by atoms with Crippen LogP contribution in [0.3, 0.4) is 0 Å². The van der Waals surface area contributed by atoms with Gasteiger partial charge in [0.2, 0.25) is 10.0 Å². The van der Waals surface area contributed by atoms with Crippen LogP contribution in [0.2, 0.25) is 0 Å². The molecule has 0 aromatic heterocycles. The standard InChI is InChI=1S/C14H12N2O5S/c15-22(20,21)12-3-1-11(2-4-12)16-7-10-5-9(8-17)6-13(18)14(10)19/h1-8,18-19H,(H2,15,20,21). The highest BCUT2D eigenvalue weighted by Crippen LogP contribution is 2.29. The Hall–Kier alpha value is -2.71. The zero-order valence-electron chi connectivity index (χ0n) is 11.2. The van der Waals surface area contributed by atoms with E-state index < -0.39 is 21.5 Å². The molecule has 0 unspecified atom stereocenters. The molecule has 0 spiro atoms. The van der Waals surface area contributed by atoms with Gasteiger partial charge in [-0.1, -0.05) is 0 Å². The molecule has 2 aromatic carbocycles. The quantitative estimate of drug-likeness (QED) is 0.444. The average molecular weight is 320 g/mol. The molecule has 0 aliphatic carbocycles. The maximum Gasteiger partial charge on any atom is 0.238 e. The first-order valence-corrected chi connectivity index (χ1v) is 7.54. The summed E-state index contributed by atoms with van der Waals surface area (Å²) in [5, 5.41) is 24.2. The van der Waals surface area contributed by atoms with Gasteiger partial charge in [0.15, 0.2) is 11.5 Å². The fourth-order valence-corrected chi connectivity index (χ4v) is 2.21. The lowest BCUT2D eigenvalue weighted by atomic mass is 10.1. The van der Waals surface area contributed by atoms with Crippen LogP contribution in [0.15, 0.2) is 46.3 Å². The minimum atomic E-state index is -3.77. The minimum Gasteiger partial charge on any atom is -0.504 e. The van der Waals surface area contributed by atoms with Crippen LogP contribution in [-0.2, 0) is 10.0 Å². The first-order valence-electron chi connectivity index (χ1n) is 5.99. The summed E-state index contributed by atoms with van der Waals surface area (Å²) in [7, 11) is -3.77. The number of carbonyl (C=O) groups is 1. The Morgan fingerprint density at radius 2 is 1.73 bits per heavy atom. The summed E-state index contributed by atoms with van der Waals surface area (Å²) < 4.78 is 22.2. The van der Waals surface area contributed by atoms with E-state index in [-0.39, 0.29) is 16.0 Å². The van der Waals surface area contributed by atoms with E-state index in [1.54, 1.807) is 0 Å². The molecule has 0 atom stereocenters. The molecule has 0 radical (unpaired) electrons. The van der Waals surface area contributed by atoms with E-state index in [0.717, 1.165) is 6.07 Å². The van der Waals surface area contributed by atoms with Gasteiger partial charge in [0.05, 0.1) is 10.6 Å². The van der Waals surface area contributed by atoms with Crippen LogP contribution >= 0.6 is 0 Å². The molecule has 2 rings (SSSR count). The Morgan fingerprint density at radius 3 is 2.27 bits per heavy atom. The zero-order chi connectivity index (χ0) is 16.3. The van der Waals surface area contributed by atoms with Gasteiger partial charge >= 0.3 is 0 Å². The fourth-order valence-electron chi connectivity index (χ4n) is 1.70. The molecule has 0 saturated carbocycles. The number of carbonyl (C=O) groups excluding carboxylic acids is 1. The van der Waals surface area contributed by atoms with Crippen molar-refractivity contribution in [2.45, 2.75) is 4.90 Å². The van der Waals surface area contributed by atoms with Crippen LogP contribution in [0, 0.1) is 0 Å². The number of rotatable bonds is 4. The summed E-state index contributed by atoms with van der Waals surface area (Å²) in [6, 6.07) is 7.92. The summed E-state index contributed by atoms with van der Waals surface area (Å²) in [4.78, 5) is 14.7. The number of nitrogens with two attached hydrogens (primary N) is 1. The predicted molar refractivity (Wildman–Crippen MR) is 80.2 cm³/mol. The van der Waals surface area contributed by atoms with Crippen molar-refractivity contribution in [1.29, 1.82) is 0 Å². The van der Waals surface area contributed by atoms with E-state index in [2.05, 4.69) is 4.99 Å². The lowest BCUT2D eigenvalue weighted by molar-refractivity contribution is 0.112. The summed E-state index contributed by atoms with van der Waals surface area (Å²) in [5.41, 5.74) is 0.738. The molecular formula is C14H12N2O5S. The van der Waals surface area contributed by atoms with Crippen molar-refractivity contribution in [3.05, 3.63) is 47.5 Å². The topological polar surface area (TPSA) is 130 Å². The SMILES string of the molecule is NS(=O)(=O)c1ccc(N=Cc2cc(C=O)cc(O)c2O)cc1. The monoisotopic (exact) mass is 320 g/mol. The van der Waals surface area contributed by atoms with E-state index in [1.165, 1.54) is 36.5 Å². The lowest BCUT2D eigenvalue weighted by Crippen LogP contribution is -2.11. The van der Waals surface area contributed by atoms with Crippen molar-refractivity contribution in [1.82, 2.24) is 0 Å². The minimum absolute atomic E-state index is 0.0464. The Kier molecular flexibility index (Phi) is 4.25. The third kappa shape index (κ3) is 3.48. The molecule has 7 nitrogen and oxygen atoms in total. The van der Waals surface area contributed by atoms with E-state index in [0.29, 0.717) is 12.0 Å². The van der Waals surface area contributed by atoms with E-state index in [1.807, 2.05) is 0 Å². The Balaban J connectivity index is 2.33. The first-order chi connectivity index (χ1) is 10.3. The molecule has 0 aliphatic heterocycles. The van der Waals surface area contributed by atoms with Crippen LogP contribution in [0.1, 0.15) is 15.9 Å². The number of aromatic hydroxyl groups is 2. The van der Waals surface area contributed by atoms with Crippen LogP contribution in [0.4, 0.5) is 5.69 Å². The van der Waals surface area contributed by atoms with Gasteiger partial charge in [-0.2, -0.15) is 0 Å². The number of hydrogen-bond donors (Lipinski definition) is 3. The number of nitrogens with zero attached hydrogens (tertiary/aromatic N) is 1. The van der Waals surface area contributed by atoms with E-state index in [9.17, 15) is 23.4 Å². The molecular weight excluding hydrogens is 308 g/mol. The predicted octanol–water partition coefficient (Wildman–Crippen LogP) is 1.31. The van der Waals surface area contributed by atoms with Crippen LogP contribution in [0.5, 0.6) is 11.5 Å². The smallest absolute Gasteiger partial charge is 0.238 e. The second-order valence-corrected chi connectivity index (χ2v) is 5.95. The molecule has 8 heteroatoms. The fraction of sp³-hybridized carbons (Fsp3) is 0. The van der Waals surface area contributed by atoms with Gasteiger partial charge in [-0.05, 0) is 36.4 Å². The molecule has 0 saturated heterocycles. The van der Waals surface area contributed by atoms with Crippen molar-refractivity contribution in [2.24, 2.45) is 10.1 Å². The van der Waals surface area contributed by atoms with Crippen molar-refractivity contribution < 1.29 is 23.4 Å². The Labute approximate surface area is 126 Å². The number of hydrogen-bond acceptors (Lipinski definition) is 6. The molecule has 0 heterocycles. The third-order valence-electron chi connectivity index (χ3n) is 2.80. The molecule has 0 amide bonds. The van der Waals surface area contributed by atoms with Gasteiger partial charge in [0.1, 0.15) is 6.29 Å². The average Bonchev–Trinajstić information content (AvgIpc) is 2.48. The van der Waals surface area contributed by atoms with Crippen molar-refractivity contribution >= 4 is 28.2 Å². The zero-order valence-corrected chi connectivity index (χ0v) is 12.0. The van der Waals surface area contributed by atoms with Crippen LogP contribution in [0.25, 0.3) is 0 Å². The van der Waals surface area contributed by atoms with Crippen LogP contribution in [-0.4, -0.2) is 31.1 Å². The number of benzene rings is 2. The van der Waals surface area contributed by atoms with Crippen molar-refractivity contribution in [3.63, 3.8) is 0 Å². The van der Waals surface area contributed by atoms with Gasteiger partial charge in [-0.15, -0.1) is 0 Å². The molecule has 0 aliphatic rings. The third-order valence-corrected chi connectivity index (χ3v) is 3.72. The van der Waals surface area contributed by atoms with Gasteiger partial charge < -0.3 is 10.2 Å². The number of sulfonamides is 1. The normalized spacial score (nSPS) is 11.7. The molecule has 4 N–H and O–H groups in total. The number of aliphatic imine (C=N–C) groups is 1. The first kappa shape index (κ1) is 15.7. The van der Waals surface area contributed by atoms with Gasteiger partial charge in [0.25, 0.3) is 0 Å². The summed E-state index contributed by atoms with van der Waals surface area (Å²) in [5.74, 6) is -0.842. The largest absolute Gasteiger partial charge is 0.504 e. The van der Waals surface area contributed by atoms with Crippen molar-refractivity contribution in [2.75, 3.05) is 0 Å². The second-order valence-electron chi connectivity index (χ2n) is 4.39. The maximum absolute atomic E-state index is 11.1. The summed E-state index contributed by atoms with van der Waals surface area (Å²) in [6.07, 6.45) is 1.77. The highest BCUT2D eigenvalue weighted by molar-refractivity contribution is 7.89. The molecule has 114 valence electrons. The second kappa shape index (κ2) is 5.96. The number of primary sulfonamides is 1. The number of phenolic OH excluding ortho intramolecular Hbond substituents is 2. The lowest BCUT2D eigenvalue weighted by Gasteiger charge is -2.03. The molecule has 0 bridgehead atoms. The van der Waals surface area contributed by atoms with Crippen LogP contribution < -0.4 is 5.14 Å². The van der Waals surface area contributed by atoms with Crippen molar-refractivity contribution in [3.8, 4) is 11.5 Å². The maximum atomic E-state index is 11.1. The van der Waals surface area contributed by atoms with Gasteiger partial charge in [0, 0.05) is 17.3 Å². The van der Waals surface area contributed by atoms with E-state index in [4.69, 9.17) is 5.14 Å². The number of phenols is 2. The summed E-state index contributed by atoms with van der Waals surface area (Å²) in [6.45, 7) is 0. The number of aldehydes is 1. The molecule has 2 aromatic rings. The van der Waals surface area contributed by atoms with Gasteiger partial charge in [-0.25, -0.2) is 13.6 Å². The van der Waals surface area contributed by atoms with Gasteiger partial charge in [-0.3, -0.25) is 9.79 Å². The van der Waals surface area contributed by atoms with E-state index >= 15 is 0 Å². The highest BCUT2D eigenvalue weighted by atomic mass is 32.2. The summed E-state index contributed by atoms with van der Waals surface area (Å²) >= 11 is 0. The molecule has 0 fully saturated rings. The highest BCUT2D eigenvalue weighted by Gasteiger charge is 2.08.